The number of amides is 2. The maximum Gasteiger partial charge on any atom is 0.407 e. The SMILES string of the molecule is CCCCCCCCCCCCCCCCCCNC(=O)OCc1ccc(CN2CCC2COC(=O)NCc2ccccn2)cc1. The fourth-order valence-corrected chi connectivity index (χ4v) is 5.82. The molecule has 256 valence electrons. The molecular formula is C38H60N4O4. The van der Waals surface area contributed by atoms with Crippen LogP contribution in [-0.4, -0.2) is 47.8 Å². The fourth-order valence-electron chi connectivity index (χ4n) is 5.82. The first-order valence-electron chi connectivity index (χ1n) is 18.2. The topological polar surface area (TPSA) is 92.8 Å². The van der Waals surface area contributed by atoms with Crippen molar-refractivity contribution >= 4 is 12.2 Å². The van der Waals surface area contributed by atoms with Gasteiger partial charge in [-0.3, -0.25) is 9.88 Å². The van der Waals surface area contributed by atoms with Crippen LogP contribution in [0.15, 0.2) is 48.7 Å². The Hall–Kier alpha value is -3.13. The molecule has 2 aromatic rings. The van der Waals surface area contributed by atoms with Crippen molar-refractivity contribution in [2.75, 3.05) is 19.7 Å². The van der Waals surface area contributed by atoms with Crippen LogP contribution in [0.5, 0.6) is 0 Å². The summed E-state index contributed by atoms with van der Waals surface area (Å²) in [5, 5.41) is 5.63. The molecule has 0 bridgehead atoms. The minimum absolute atomic E-state index is 0.224. The molecule has 46 heavy (non-hydrogen) atoms. The number of pyridine rings is 1. The maximum atomic E-state index is 12.1. The number of likely N-dealkylation sites (tertiary alicyclic amines) is 1. The van der Waals surface area contributed by atoms with Crippen molar-refractivity contribution in [2.45, 2.75) is 142 Å². The standard InChI is InChI=1S/C38H60N4O4/c1-2-3-4-5-6-7-8-9-10-11-12-13-14-15-16-18-27-40-37(43)45-31-34-23-21-33(22-24-34)30-42-28-25-36(42)32-46-38(44)41-29-35-20-17-19-26-39-35/h17,19-24,26,36H,2-16,18,25,27-32H2,1H3,(H,40,43)(H,41,44). The molecule has 1 aliphatic heterocycles. The van der Waals surface area contributed by atoms with E-state index < -0.39 is 6.09 Å². The normalized spacial score (nSPS) is 14.4. The Kier molecular flexibility index (Phi) is 19.6. The van der Waals surface area contributed by atoms with Crippen molar-refractivity contribution in [2.24, 2.45) is 0 Å². The number of carbonyl (C=O) groups is 2. The molecule has 8 heteroatoms. The molecule has 2 N–H and O–H groups in total. The molecule has 1 fully saturated rings. The molecule has 8 nitrogen and oxygen atoms in total. The third-order valence-electron chi connectivity index (χ3n) is 8.89. The molecule has 1 aromatic carbocycles. The van der Waals surface area contributed by atoms with Crippen LogP contribution in [0.3, 0.4) is 0 Å². The van der Waals surface area contributed by atoms with Crippen molar-refractivity contribution in [3.05, 3.63) is 65.5 Å². The van der Waals surface area contributed by atoms with Crippen LogP contribution in [0.2, 0.25) is 0 Å². The summed E-state index contributed by atoms with van der Waals surface area (Å²) in [7, 11) is 0. The van der Waals surface area contributed by atoms with E-state index in [1.165, 1.54) is 95.5 Å². The number of hydrogen-bond donors (Lipinski definition) is 2. The number of nitrogens with one attached hydrogen (secondary N) is 2. The Bertz CT molecular complexity index is 1070. The summed E-state index contributed by atoms with van der Waals surface area (Å²) in [4.78, 5) is 30.7. The van der Waals surface area contributed by atoms with Crippen LogP contribution < -0.4 is 10.6 Å². The van der Waals surface area contributed by atoms with E-state index in [4.69, 9.17) is 9.47 Å². The first-order valence-corrected chi connectivity index (χ1v) is 18.2. The lowest BCUT2D eigenvalue weighted by Crippen LogP contribution is -2.50. The monoisotopic (exact) mass is 636 g/mol. The van der Waals surface area contributed by atoms with E-state index in [2.05, 4.69) is 39.6 Å². The Balaban J connectivity index is 1.12. The van der Waals surface area contributed by atoms with Gasteiger partial charge in [0.2, 0.25) is 0 Å². The largest absolute Gasteiger partial charge is 0.448 e. The highest BCUT2D eigenvalue weighted by molar-refractivity contribution is 5.67. The number of ether oxygens (including phenoxy) is 2. The zero-order chi connectivity index (χ0) is 32.5. The summed E-state index contributed by atoms with van der Waals surface area (Å²) < 4.78 is 10.8. The number of nitrogens with zero attached hydrogens (tertiary/aromatic N) is 2. The molecule has 2 heterocycles. The average molecular weight is 637 g/mol. The van der Waals surface area contributed by atoms with E-state index in [1.807, 2.05) is 30.3 Å². The zero-order valence-corrected chi connectivity index (χ0v) is 28.5. The number of alkyl carbamates (subject to hydrolysis) is 2. The number of benzene rings is 1. The lowest BCUT2D eigenvalue weighted by molar-refractivity contribution is 0.0245. The molecule has 1 saturated heterocycles. The second-order valence-corrected chi connectivity index (χ2v) is 12.8. The summed E-state index contributed by atoms with van der Waals surface area (Å²) in [6.45, 7) is 5.71. The zero-order valence-electron chi connectivity index (χ0n) is 28.5. The van der Waals surface area contributed by atoms with Crippen molar-refractivity contribution in [1.29, 1.82) is 0 Å². The Labute approximate surface area is 278 Å². The molecule has 2 amide bonds. The van der Waals surface area contributed by atoms with Gasteiger partial charge in [0.15, 0.2) is 0 Å². The summed E-state index contributed by atoms with van der Waals surface area (Å²) in [5.41, 5.74) is 2.94. The summed E-state index contributed by atoms with van der Waals surface area (Å²) in [6, 6.07) is 14.0. The molecule has 1 unspecified atom stereocenters. The molecule has 1 aliphatic rings. The van der Waals surface area contributed by atoms with Gasteiger partial charge in [-0.2, -0.15) is 0 Å². The fraction of sp³-hybridized carbons (Fsp3) is 0.658. The number of hydrogen-bond acceptors (Lipinski definition) is 6. The molecule has 1 atom stereocenters. The van der Waals surface area contributed by atoms with Crippen LogP contribution in [0.25, 0.3) is 0 Å². The van der Waals surface area contributed by atoms with E-state index >= 15 is 0 Å². The van der Waals surface area contributed by atoms with E-state index in [9.17, 15) is 9.59 Å². The third-order valence-corrected chi connectivity index (χ3v) is 8.89. The molecule has 3 rings (SSSR count). The van der Waals surface area contributed by atoms with Crippen LogP contribution in [0.1, 0.15) is 133 Å². The lowest BCUT2D eigenvalue weighted by atomic mass is 10.0. The third kappa shape index (κ3) is 17.0. The molecule has 0 spiro atoms. The van der Waals surface area contributed by atoms with Crippen LogP contribution in [0.4, 0.5) is 9.59 Å². The highest BCUT2D eigenvalue weighted by Gasteiger charge is 2.29. The van der Waals surface area contributed by atoms with Gasteiger partial charge in [-0.05, 0) is 36.1 Å². The van der Waals surface area contributed by atoms with Gasteiger partial charge in [0.05, 0.1) is 12.2 Å². The molecule has 1 aromatic heterocycles. The summed E-state index contributed by atoms with van der Waals surface area (Å²) >= 11 is 0. The van der Waals surface area contributed by atoms with Crippen molar-refractivity contribution < 1.29 is 19.1 Å². The van der Waals surface area contributed by atoms with Crippen LogP contribution in [0, 0.1) is 0 Å². The first kappa shape index (κ1) is 37.3. The van der Waals surface area contributed by atoms with Gasteiger partial charge in [0.1, 0.15) is 13.2 Å². The predicted octanol–water partition coefficient (Wildman–Crippen LogP) is 9.07. The van der Waals surface area contributed by atoms with Gasteiger partial charge < -0.3 is 20.1 Å². The van der Waals surface area contributed by atoms with Gasteiger partial charge >= 0.3 is 12.2 Å². The number of unbranched alkanes of at least 4 members (excludes halogenated alkanes) is 15. The predicted molar refractivity (Wildman–Crippen MR) is 185 cm³/mol. The first-order chi connectivity index (χ1) is 22.6. The quantitative estimate of drug-likeness (QED) is 0.106. The molecule has 0 radical (unpaired) electrons. The molecular weight excluding hydrogens is 576 g/mol. The van der Waals surface area contributed by atoms with Gasteiger partial charge in [-0.25, -0.2) is 9.59 Å². The summed E-state index contributed by atoms with van der Waals surface area (Å²) in [5.74, 6) is 0. The summed E-state index contributed by atoms with van der Waals surface area (Å²) in [6.07, 6.45) is 23.4. The minimum Gasteiger partial charge on any atom is -0.448 e. The van der Waals surface area contributed by atoms with E-state index in [0.29, 0.717) is 19.7 Å². The van der Waals surface area contributed by atoms with Crippen LogP contribution >= 0.6 is 0 Å². The number of aromatic nitrogens is 1. The maximum absolute atomic E-state index is 12.1. The van der Waals surface area contributed by atoms with Crippen molar-refractivity contribution in [3.8, 4) is 0 Å². The van der Waals surface area contributed by atoms with Crippen molar-refractivity contribution in [1.82, 2.24) is 20.5 Å². The highest BCUT2D eigenvalue weighted by Crippen LogP contribution is 2.21. The molecule has 0 aliphatic carbocycles. The second-order valence-electron chi connectivity index (χ2n) is 12.8. The average Bonchev–Trinajstić information content (AvgIpc) is 3.07. The Morgan fingerprint density at radius 3 is 1.89 bits per heavy atom. The van der Waals surface area contributed by atoms with Crippen molar-refractivity contribution in [3.63, 3.8) is 0 Å². The smallest absolute Gasteiger partial charge is 0.407 e. The van der Waals surface area contributed by atoms with Gasteiger partial charge in [-0.15, -0.1) is 0 Å². The minimum atomic E-state index is -0.420. The Morgan fingerprint density at radius 2 is 1.33 bits per heavy atom. The van der Waals surface area contributed by atoms with Gasteiger partial charge in [0, 0.05) is 31.9 Å². The van der Waals surface area contributed by atoms with E-state index in [-0.39, 0.29) is 18.7 Å². The van der Waals surface area contributed by atoms with E-state index in [0.717, 1.165) is 43.6 Å². The number of rotatable bonds is 25. The van der Waals surface area contributed by atoms with E-state index in [1.54, 1.807) is 6.20 Å². The highest BCUT2D eigenvalue weighted by atomic mass is 16.6. The Morgan fingerprint density at radius 1 is 0.739 bits per heavy atom. The van der Waals surface area contributed by atoms with Gasteiger partial charge in [-0.1, -0.05) is 134 Å². The number of carbonyl (C=O) groups excluding carboxylic acids is 2. The van der Waals surface area contributed by atoms with Gasteiger partial charge in [0.25, 0.3) is 0 Å². The second kappa shape index (κ2) is 24.1. The lowest BCUT2D eigenvalue weighted by Gasteiger charge is -2.40. The van der Waals surface area contributed by atoms with Crippen LogP contribution in [-0.2, 0) is 29.2 Å². The molecule has 0 saturated carbocycles.